The Morgan fingerprint density at radius 3 is 2.33 bits per heavy atom. The number of hydroxylamine groups is 1. The van der Waals surface area contributed by atoms with Crippen LogP contribution in [-0.2, 0) is 29.9 Å². The van der Waals surface area contributed by atoms with E-state index in [0.29, 0.717) is 0 Å². The summed E-state index contributed by atoms with van der Waals surface area (Å²) < 4.78 is 23.8. The molecule has 1 rings (SSSR count). The summed E-state index contributed by atoms with van der Waals surface area (Å²) in [6.07, 6.45) is 1.65. The van der Waals surface area contributed by atoms with Gasteiger partial charge in [-0.3, -0.25) is 14.2 Å². The van der Waals surface area contributed by atoms with E-state index in [0.717, 1.165) is 5.56 Å². The number of hydrogen-bond acceptors (Lipinski definition) is 5. The Morgan fingerprint density at radius 1 is 1.25 bits per heavy atom. The number of carbonyl (C=O) groups is 1. The maximum Gasteiger partial charge on any atom is 0.346 e. The molecule has 1 atom stereocenters. The summed E-state index contributed by atoms with van der Waals surface area (Å²) in [6.45, 7) is 9.10. The van der Waals surface area contributed by atoms with Crippen LogP contribution in [0.4, 0.5) is 0 Å². The first-order valence-electron chi connectivity index (χ1n) is 7.89. The lowest BCUT2D eigenvalue weighted by molar-refractivity contribution is -0.137. The molecule has 24 heavy (non-hydrogen) atoms. The molecule has 0 aliphatic carbocycles. The Labute approximate surface area is 143 Å². The Morgan fingerprint density at radius 2 is 1.83 bits per heavy atom. The van der Waals surface area contributed by atoms with Crippen molar-refractivity contribution in [3.05, 3.63) is 48.6 Å². The fourth-order valence-electron chi connectivity index (χ4n) is 2.14. The first kappa shape index (κ1) is 20.6. The number of nitrogens with one attached hydrogen (secondary N) is 1. The zero-order valence-electron chi connectivity index (χ0n) is 14.5. The normalized spacial score (nSPS) is 14.0. The van der Waals surface area contributed by atoms with Gasteiger partial charge in [0, 0.05) is 0 Å². The maximum atomic E-state index is 13.1. The van der Waals surface area contributed by atoms with Crippen molar-refractivity contribution in [1.29, 1.82) is 0 Å². The van der Waals surface area contributed by atoms with Crippen molar-refractivity contribution in [2.75, 3.05) is 13.2 Å². The second kappa shape index (κ2) is 9.74. The van der Waals surface area contributed by atoms with Gasteiger partial charge in [0.25, 0.3) is 5.91 Å². The van der Waals surface area contributed by atoms with Crippen molar-refractivity contribution in [2.45, 2.75) is 39.0 Å². The summed E-state index contributed by atoms with van der Waals surface area (Å²) in [5, 5.41) is -1.42. The van der Waals surface area contributed by atoms with Gasteiger partial charge in [-0.1, -0.05) is 36.4 Å². The molecule has 0 radical (unpaired) electrons. The van der Waals surface area contributed by atoms with E-state index in [4.69, 9.17) is 13.9 Å². The number of allylic oxidation sites excluding steroid dienone is 1. The minimum atomic E-state index is -3.69. The Kier molecular flexibility index (Phi) is 8.36. The van der Waals surface area contributed by atoms with Gasteiger partial charge < -0.3 is 9.05 Å². The van der Waals surface area contributed by atoms with Crippen molar-refractivity contribution >= 4 is 13.5 Å². The SMILES string of the molecule is C=CCC(C)(C(=O)NOCc1ccccc1)P(=O)(OCC)OCC. The molecular formula is C17H26NO5P. The van der Waals surface area contributed by atoms with Crippen molar-refractivity contribution < 1.29 is 23.2 Å². The van der Waals surface area contributed by atoms with Gasteiger partial charge in [0.15, 0.2) is 5.16 Å². The Bertz CT molecular complexity index is 568. The van der Waals surface area contributed by atoms with Crippen LogP contribution in [0, 0.1) is 0 Å². The highest BCUT2D eigenvalue weighted by atomic mass is 31.2. The van der Waals surface area contributed by atoms with Gasteiger partial charge in [0.05, 0.1) is 19.8 Å². The Balaban J connectivity index is 2.85. The highest BCUT2D eigenvalue weighted by molar-refractivity contribution is 7.56. The molecule has 0 fully saturated rings. The first-order valence-corrected chi connectivity index (χ1v) is 9.44. The van der Waals surface area contributed by atoms with Crippen molar-refractivity contribution in [1.82, 2.24) is 5.48 Å². The molecule has 1 unspecified atom stereocenters. The number of hydrogen-bond donors (Lipinski definition) is 1. The lowest BCUT2D eigenvalue weighted by atomic mass is 10.1. The zero-order chi connectivity index (χ0) is 18.1. The number of carbonyl (C=O) groups excluding carboxylic acids is 1. The molecular weight excluding hydrogens is 329 g/mol. The Hall–Kier alpha value is -1.46. The molecule has 0 aromatic heterocycles. The third kappa shape index (κ3) is 5.02. The predicted molar refractivity (Wildman–Crippen MR) is 93.5 cm³/mol. The zero-order valence-corrected chi connectivity index (χ0v) is 15.4. The largest absolute Gasteiger partial charge is 0.346 e. The van der Waals surface area contributed by atoms with E-state index in [1.165, 1.54) is 13.0 Å². The van der Waals surface area contributed by atoms with E-state index >= 15 is 0 Å². The van der Waals surface area contributed by atoms with E-state index in [1.54, 1.807) is 13.8 Å². The molecule has 1 aromatic carbocycles. The summed E-state index contributed by atoms with van der Waals surface area (Å²) in [7, 11) is -3.69. The topological polar surface area (TPSA) is 73.9 Å². The fraction of sp³-hybridized carbons (Fsp3) is 0.471. The quantitative estimate of drug-likeness (QED) is 0.371. The molecule has 0 aliphatic heterocycles. The van der Waals surface area contributed by atoms with Gasteiger partial charge in [-0.25, -0.2) is 5.48 Å². The van der Waals surface area contributed by atoms with E-state index in [1.807, 2.05) is 30.3 Å². The second-order valence-electron chi connectivity index (χ2n) is 5.31. The van der Waals surface area contributed by atoms with Crippen LogP contribution in [0.3, 0.4) is 0 Å². The van der Waals surface area contributed by atoms with Gasteiger partial charge >= 0.3 is 7.60 Å². The minimum absolute atomic E-state index is 0.130. The predicted octanol–water partition coefficient (Wildman–Crippen LogP) is 3.84. The fourth-order valence-corrected chi connectivity index (χ4v) is 4.11. The smallest absolute Gasteiger partial charge is 0.308 e. The number of rotatable bonds is 11. The average molecular weight is 355 g/mol. The second-order valence-corrected chi connectivity index (χ2v) is 7.80. The summed E-state index contributed by atoms with van der Waals surface area (Å²) >= 11 is 0. The van der Waals surface area contributed by atoms with Crippen LogP contribution < -0.4 is 5.48 Å². The summed E-state index contributed by atoms with van der Waals surface area (Å²) in [6, 6.07) is 9.39. The van der Waals surface area contributed by atoms with Crippen molar-refractivity contribution in [3.8, 4) is 0 Å². The van der Waals surface area contributed by atoms with Gasteiger partial charge in [0.1, 0.15) is 0 Å². The van der Waals surface area contributed by atoms with Crippen LogP contribution in [0.5, 0.6) is 0 Å². The average Bonchev–Trinajstić information content (AvgIpc) is 2.56. The highest BCUT2D eigenvalue weighted by Gasteiger charge is 2.52. The van der Waals surface area contributed by atoms with Crippen LogP contribution in [0.25, 0.3) is 0 Å². The van der Waals surface area contributed by atoms with E-state index in [2.05, 4.69) is 12.1 Å². The van der Waals surface area contributed by atoms with Crippen LogP contribution in [0.2, 0.25) is 0 Å². The summed E-state index contributed by atoms with van der Waals surface area (Å²) in [5.74, 6) is -0.566. The standard InChI is InChI=1S/C17H26NO5P/c1-5-13-17(4,24(20,22-6-2)23-7-3)16(19)18-21-14-15-11-9-8-10-12-15/h5,8-12H,1,6-7,13-14H2,2-4H3,(H,18,19). The van der Waals surface area contributed by atoms with E-state index < -0.39 is 18.7 Å². The molecule has 0 aliphatic rings. The molecule has 6 nitrogen and oxygen atoms in total. The lowest BCUT2D eigenvalue weighted by Crippen LogP contribution is -2.45. The molecule has 0 heterocycles. The number of amides is 1. The van der Waals surface area contributed by atoms with Gasteiger partial charge in [-0.15, -0.1) is 6.58 Å². The molecule has 1 aromatic rings. The molecule has 0 spiro atoms. The minimum Gasteiger partial charge on any atom is -0.308 e. The third-order valence-corrected chi connectivity index (χ3v) is 6.27. The van der Waals surface area contributed by atoms with E-state index in [-0.39, 0.29) is 26.2 Å². The molecule has 0 saturated carbocycles. The maximum absolute atomic E-state index is 13.1. The summed E-state index contributed by atoms with van der Waals surface area (Å²) in [5.41, 5.74) is 3.26. The van der Waals surface area contributed by atoms with Crippen molar-refractivity contribution in [2.24, 2.45) is 0 Å². The molecule has 1 N–H and O–H groups in total. The van der Waals surface area contributed by atoms with Crippen LogP contribution in [0.15, 0.2) is 43.0 Å². The van der Waals surface area contributed by atoms with E-state index in [9.17, 15) is 9.36 Å². The summed E-state index contributed by atoms with van der Waals surface area (Å²) in [4.78, 5) is 17.9. The lowest BCUT2D eigenvalue weighted by Gasteiger charge is -2.33. The van der Waals surface area contributed by atoms with Gasteiger partial charge in [0.2, 0.25) is 0 Å². The van der Waals surface area contributed by atoms with Crippen LogP contribution in [-0.4, -0.2) is 24.3 Å². The van der Waals surface area contributed by atoms with Crippen molar-refractivity contribution in [3.63, 3.8) is 0 Å². The van der Waals surface area contributed by atoms with Crippen LogP contribution in [0.1, 0.15) is 32.8 Å². The van der Waals surface area contributed by atoms with Crippen LogP contribution >= 0.6 is 7.60 Å². The first-order chi connectivity index (χ1) is 11.4. The molecule has 0 saturated heterocycles. The van der Waals surface area contributed by atoms with Gasteiger partial charge in [-0.2, -0.15) is 0 Å². The highest BCUT2D eigenvalue weighted by Crippen LogP contribution is 2.61. The molecule has 7 heteroatoms. The monoisotopic (exact) mass is 355 g/mol. The molecule has 1 amide bonds. The third-order valence-electron chi connectivity index (χ3n) is 3.48. The van der Waals surface area contributed by atoms with Gasteiger partial charge in [-0.05, 0) is 32.8 Å². The molecule has 134 valence electrons. The molecule has 0 bridgehead atoms. The number of benzene rings is 1.